The van der Waals surface area contributed by atoms with Crippen molar-refractivity contribution in [3.63, 3.8) is 0 Å². The maximum Gasteiger partial charge on any atom is 0.134 e. The molecule has 2 heteroatoms. The number of halogens is 1. The van der Waals surface area contributed by atoms with Gasteiger partial charge in [0.25, 0.3) is 0 Å². The Morgan fingerprint density at radius 1 is 1.29 bits per heavy atom. The van der Waals surface area contributed by atoms with Gasteiger partial charge in [0.15, 0.2) is 0 Å². The van der Waals surface area contributed by atoms with Crippen molar-refractivity contribution in [2.45, 2.75) is 19.8 Å². The van der Waals surface area contributed by atoms with Crippen LogP contribution >= 0.6 is 15.9 Å². The summed E-state index contributed by atoms with van der Waals surface area (Å²) in [5.41, 5.74) is 2.30. The molecular formula is C12H13BrO. The number of hydrogen-bond donors (Lipinski definition) is 0. The van der Waals surface area contributed by atoms with Crippen molar-refractivity contribution in [3.05, 3.63) is 35.6 Å². The summed E-state index contributed by atoms with van der Waals surface area (Å²) in [6.45, 7) is 2.13. The Balaban J connectivity index is 2.41. The molecular weight excluding hydrogens is 240 g/mol. The second-order valence-electron chi connectivity index (χ2n) is 3.44. The van der Waals surface area contributed by atoms with Crippen LogP contribution in [0.3, 0.4) is 0 Å². The van der Waals surface area contributed by atoms with Crippen molar-refractivity contribution < 1.29 is 4.42 Å². The van der Waals surface area contributed by atoms with Crippen molar-refractivity contribution in [3.8, 4) is 0 Å². The highest BCUT2D eigenvalue weighted by Crippen LogP contribution is 2.25. The van der Waals surface area contributed by atoms with Gasteiger partial charge in [0.05, 0.1) is 0 Å². The first-order valence-corrected chi connectivity index (χ1v) is 5.98. The van der Waals surface area contributed by atoms with E-state index in [1.807, 2.05) is 12.1 Å². The molecule has 0 atom stereocenters. The van der Waals surface area contributed by atoms with Gasteiger partial charge in [-0.15, -0.1) is 0 Å². The first-order chi connectivity index (χ1) is 6.83. The minimum atomic E-state index is 1.01. The highest BCUT2D eigenvalue weighted by molar-refractivity contribution is 9.09. The molecule has 2 aromatic rings. The summed E-state index contributed by atoms with van der Waals surface area (Å²) in [7, 11) is 0. The highest BCUT2D eigenvalue weighted by Gasteiger charge is 2.08. The van der Waals surface area contributed by atoms with E-state index in [1.165, 1.54) is 10.9 Å². The predicted octanol–water partition coefficient (Wildman–Crippen LogP) is 4.07. The number of fused-ring (bicyclic) bond motifs is 1. The maximum atomic E-state index is 5.78. The summed E-state index contributed by atoms with van der Waals surface area (Å²) in [4.78, 5) is 0. The normalized spacial score (nSPS) is 11.0. The summed E-state index contributed by atoms with van der Waals surface area (Å²) in [5, 5.41) is 2.28. The molecule has 74 valence electrons. The van der Waals surface area contributed by atoms with Crippen LogP contribution in [0.5, 0.6) is 0 Å². The number of furan rings is 1. The maximum absolute atomic E-state index is 5.78. The zero-order valence-electron chi connectivity index (χ0n) is 8.22. The standard InChI is InChI=1S/C12H13BrO/c1-9-10-5-2-3-6-12(10)14-11(9)7-4-8-13/h2-3,5-6H,4,7-8H2,1H3. The van der Waals surface area contributed by atoms with Crippen LogP contribution in [0.4, 0.5) is 0 Å². The molecule has 0 aliphatic heterocycles. The number of alkyl halides is 1. The number of rotatable bonds is 3. The van der Waals surface area contributed by atoms with E-state index < -0.39 is 0 Å². The Bertz CT molecular complexity index is 431. The molecule has 0 saturated heterocycles. The van der Waals surface area contributed by atoms with E-state index >= 15 is 0 Å². The van der Waals surface area contributed by atoms with E-state index in [4.69, 9.17) is 4.42 Å². The predicted molar refractivity (Wildman–Crippen MR) is 63.1 cm³/mol. The Morgan fingerprint density at radius 2 is 2.07 bits per heavy atom. The van der Waals surface area contributed by atoms with Crippen LogP contribution in [0, 0.1) is 6.92 Å². The molecule has 0 aliphatic rings. The molecule has 0 radical (unpaired) electrons. The Hall–Kier alpha value is -0.760. The number of benzene rings is 1. The number of hydrogen-bond acceptors (Lipinski definition) is 1. The van der Waals surface area contributed by atoms with Gasteiger partial charge in [-0.05, 0) is 25.0 Å². The molecule has 0 unspecified atom stereocenters. The van der Waals surface area contributed by atoms with Crippen LogP contribution in [0.1, 0.15) is 17.7 Å². The lowest BCUT2D eigenvalue weighted by atomic mass is 10.1. The minimum absolute atomic E-state index is 1.01. The van der Waals surface area contributed by atoms with Gasteiger partial charge in [-0.3, -0.25) is 0 Å². The van der Waals surface area contributed by atoms with Crippen molar-refractivity contribution in [1.82, 2.24) is 0 Å². The van der Waals surface area contributed by atoms with E-state index in [-0.39, 0.29) is 0 Å². The first kappa shape index (κ1) is 9.78. The topological polar surface area (TPSA) is 13.1 Å². The molecule has 1 nitrogen and oxygen atoms in total. The fraction of sp³-hybridized carbons (Fsp3) is 0.333. The third-order valence-electron chi connectivity index (χ3n) is 2.48. The van der Waals surface area contributed by atoms with E-state index in [0.29, 0.717) is 0 Å². The van der Waals surface area contributed by atoms with Crippen LogP contribution in [0.25, 0.3) is 11.0 Å². The van der Waals surface area contributed by atoms with Gasteiger partial charge in [0.2, 0.25) is 0 Å². The van der Waals surface area contributed by atoms with Gasteiger partial charge in [-0.2, -0.15) is 0 Å². The fourth-order valence-corrected chi connectivity index (χ4v) is 1.97. The van der Waals surface area contributed by atoms with Crippen molar-refractivity contribution in [2.75, 3.05) is 5.33 Å². The molecule has 0 amide bonds. The number of para-hydroxylation sites is 1. The molecule has 0 aliphatic carbocycles. The highest BCUT2D eigenvalue weighted by atomic mass is 79.9. The van der Waals surface area contributed by atoms with Gasteiger partial charge < -0.3 is 4.42 Å². The van der Waals surface area contributed by atoms with Crippen LogP contribution in [0.15, 0.2) is 28.7 Å². The van der Waals surface area contributed by atoms with Crippen LogP contribution < -0.4 is 0 Å². The summed E-state index contributed by atoms with van der Waals surface area (Å²) in [5.74, 6) is 1.13. The van der Waals surface area contributed by atoms with Gasteiger partial charge >= 0.3 is 0 Å². The van der Waals surface area contributed by atoms with Crippen molar-refractivity contribution in [1.29, 1.82) is 0 Å². The molecule has 1 aromatic heterocycles. The van der Waals surface area contributed by atoms with Crippen LogP contribution in [-0.2, 0) is 6.42 Å². The van der Waals surface area contributed by atoms with E-state index in [1.54, 1.807) is 0 Å². The van der Waals surface area contributed by atoms with E-state index in [0.717, 1.165) is 29.5 Å². The summed E-state index contributed by atoms with van der Waals surface area (Å²) in [6.07, 6.45) is 2.15. The fourth-order valence-electron chi connectivity index (χ4n) is 1.69. The Kier molecular flexibility index (Phi) is 2.92. The largest absolute Gasteiger partial charge is 0.461 e. The quantitative estimate of drug-likeness (QED) is 0.751. The second kappa shape index (κ2) is 4.18. The third kappa shape index (κ3) is 1.71. The smallest absolute Gasteiger partial charge is 0.134 e. The lowest BCUT2D eigenvalue weighted by Gasteiger charge is -1.94. The Morgan fingerprint density at radius 3 is 2.79 bits per heavy atom. The van der Waals surface area contributed by atoms with Crippen LogP contribution in [0.2, 0.25) is 0 Å². The Labute approximate surface area is 92.2 Å². The van der Waals surface area contributed by atoms with Crippen molar-refractivity contribution in [2.24, 2.45) is 0 Å². The van der Waals surface area contributed by atoms with Crippen LogP contribution in [-0.4, -0.2) is 5.33 Å². The zero-order valence-corrected chi connectivity index (χ0v) is 9.80. The molecule has 0 saturated carbocycles. The summed E-state index contributed by atoms with van der Waals surface area (Å²) >= 11 is 3.43. The monoisotopic (exact) mass is 252 g/mol. The van der Waals surface area contributed by atoms with Gasteiger partial charge in [0, 0.05) is 17.1 Å². The third-order valence-corrected chi connectivity index (χ3v) is 3.04. The molecule has 2 rings (SSSR count). The second-order valence-corrected chi connectivity index (χ2v) is 4.23. The lowest BCUT2D eigenvalue weighted by Crippen LogP contribution is -1.85. The summed E-state index contributed by atoms with van der Waals surface area (Å²) in [6, 6.07) is 8.21. The number of aryl methyl sites for hydroxylation is 2. The summed E-state index contributed by atoms with van der Waals surface area (Å²) < 4.78 is 5.78. The average molecular weight is 253 g/mol. The molecule has 1 aromatic carbocycles. The lowest BCUT2D eigenvalue weighted by molar-refractivity contribution is 0.542. The SMILES string of the molecule is Cc1c(CCCBr)oc2ccccc12. The van der Waals surface area contributed by atoms with Gasteiger partial charge in [0.1, 0.15) is 11.3 Å². The van der Waals surface area contributed by atoms with Gasteiger partial charge in [-0.1, -0.05) is 34.1 Å². The van der Waals surface area contributed by atoms with E-state index in [2.05, 4.69) is 35.0 Å². The van der Waals surface area contributed by atoms with E-state index in [9.17, 15) is 0 Å². The van der Waals surface area contributed by atoms with Crippen molar-refractivity contribution >= 4 is 26.9 Å². The molecule has 0 spiro atoms. The average Bonchev–Trinajstić information content (AvgIpc) is 2.54. The van der Waals surface area contributed by atoms with Gasteiger partial charge in [-0.25, -0.2) is 0 Å². The zero-order chi connectivity index (χ0) is 9.97. The molecule has 0 N–H and O–H groups in total. The first-order valence-electron chi connectivity index (χ1n) is 4.86. The molecule has 0 bridgehead atoms. The minimum Gasteiger partial charge on any atom is -0.461 e. The molecule has 14 heavy (non-hydrogen) atoms. The molecule has 1 heterocycles. The molecule has 0 fully saturated rings.